The molecule has 1 amide bonds. The molecular weight excluding hydrogens is 274 g/mol. The molecule has 1 fully saturated rings. The molecule has 0 heterocycles. The van der Waals surface area contributed by atoms with Crippen LogP contribution >= 0.6 is 0 Å². The highest BCUT2D eigenvalue weighted by atomic mass is 16.2. The summed E-state index contributed by atoms with van der Waals surface area (Å²) in [5.74, 6) is 0.280. The zero-order chi connectivity index (χ0) is 16.2. The Morgan fingerprint density at radius 2 is 1.95 bits per heavy atom. The van der Waals surface area contributed by atoms with E-state index in [1.165, 1.54) is 11.1 Å². The van der Waals surface area contributed by atoms with Gasteiger partial charge in [0, 0.05) is 5.56 Å². The number of rotatable bonds is 7. The zero-order valence-corrected chi connectivity index (χ0v) is 13.8. The first-order chi connectivity index (χ1) is 10.5. The number of carbonyl (C=O) groups is 1. The Hall–Kier alpha value is -1.86. The van der Waals surface area contributed by atoms with Crippen molar-refractivity contribution in [2.75, 3.05) is 13.6 Å². The van der Waals surface area contributed by atoms with Crippen LogP contribution in [0.5, 0.6) is 0 Å². The average molecular weight is 300 g/mol. The van der Waals surface area contributed by atoms with Crippen molar-refractivity contribution in [2.24, 2.45) is 5.92 Å². The second-order valence-corrected chi connectivity index (χ2v) is 6.62. The summed E-state index contributed by atoms with van der Waals surface area (Å²) in [5.41, 5.74) is 1.86. The average Bonchev–Trinajstić information content (AvgIpc) is 3.32. The van der Waals surface area contributed by atoms with Crippen molar-refractivity contribution in [3.8, 4) is 6.07 Å². The Balaban J connectivity index is 1.84. The Morgan fingerprint density at radius 1 is 1.36 bits per heavy atom. The van der Waals surface area contributed by atoms with E-state index in [1.807, 2.05) is 14.0 Å². The highest BCUT2D eigenvalue weighted by molar-refractivity contribution is 5.78. The first kappa shape index (κ1) is 16.5. The normalized spacial score (nSPS) is 18.1. The van der Waals surface area contributed by atoms with E-state index in [9.17, 15) is 10.1 Å². The van der Waals surface area contributed by atoms with Crippen LogP contribution in [-0.2, 0) is 17.8 Å². The second kappa shape index (κ2) is 6.93. The molecule has 0 radical (unpaired) electrons. The fraction of sp³-hybridized carbons (Fsp3) is 0.556. The topological polar surface area (TPSA) is 57.3 Å². The number of hydrogen-bond donors (Lipinski definition) is 2. The monoisotopic (exact) mass is 300 g/mol. The summed E-state index contributed by atoms with van der Waals surface area (Å²) < 4.78 is 0. The molecular formula is C18H26N3O+. The Morgan fingerprint density at radius 3 is 2.45 bits per heavy atom. The van der Waals surface area contributed by atoms with Crippen LogP contribution in [0.25, 0.3) is 0 Å². The maximum Gasteiger partial charge on any atom is 0.276 e. The van der Waals surface area contributed by atoms with Crippen molar-refractivity contribution in [1.29, 1.82) is 5.26 Å². The van der Waals surface area contributed by atoms with Gasteiger partial charge < -0.3 is 10.2 Å². The molecule has 4 heteroatoms. The van der Waals surface area contributed by atoms with Gasteiger partial charge in [-0.05, 0) is 37.7 Å². The molecule has 0 saturated heterocycles. The lowest BCUT2D eigenvalue weighted by Crippen LogP contribution is -3.09. The molecule has 1 aromatic carbocycles. The number of carbonyl (C=O) groups excluding carboxylic acids is 1. The predicted octanol–water partition coefficient (Wildman–Crippen LogP) is 1.07. The molecule has 1 aliphatic carbocycles. The minimum atomic E-state index is -0.694. The zero-order valence-electron chi connectivity index (χ0n) is 13.8. The molecule has 4 nitrogen and oxygen atoms in total. The van der Waals surface area contributed by atoms with Gasteiger partial charge in [0.15, 0.2) is 6.54 Å². The van der Waals surface area contributed by atoms with Gasteiger partial charge in [0.1, 0.15) is 12.1 Å². The SMILES string of the molecule is CCc1ccc(C[NH+](C)CC(=O)N[C@](C)(C#N)C2CC2)cc1. The molecule has 2 rings (SSSR count). The predicted molar refractivity (Wildman–Crippen MR) is 86.2 cm³/mol. The minimum absolute atomic E-state index is 0.0429. The third-order valence-corrected chi connectivity index (χ3v) is 4.42. The fourth-order valence-electron chi connectivity index (χ4n) is 2.79. The summed E-state index contributed by atoms with van der Waals surface area (Å²) in [6.45, 7) is 5.17. The van der Waals surface area contributed by atoms with E-state index in [-0.39, 0.29) is 5.91 Å². The van der Waals surface area contributed by atoms with Gasteiger partial charge >= 0.3 is 0 Å². The molecule has 2 N–H and O–H groups in total. The number of quaternary nitrogens is 1. The third kappa shape index (κ3) is 4.32. The number of nitrogens with zero attached hydrogens (tertiary/aromatic N) is 1. The number of amides is 1. The Labute approximate surface area is 133 Å². The summed E-state index contributed by atoms with van der Waals surface area (Å²) >= 11 is 0. The molecule has 1 saturated carbocycles. The van der Waals surface area contributed by atoms with Crippen LogP contribution in [0.4, 0.5) is 0 Å². The highest BCUT2D eigenvalue weighted by Crippen LogP contribution is 2.39. The smallest absolute Gasteiger partial charge is 0.276 e. The lowest BCUT2D eigenvalue weighted by Gasteiger charge is -2.23. The number of benzene rings is 1. The van der Waals surface area contributed by atoms with Gasteiger partial charge in [-0.1, -0.05) is 31.2 Å². The van der Waals surface area contributed by atoms with Gasteiger partial charge in [0.05, 0.1) is 13.1 Å². The molecule has 1 aliphatic rings. The van der Waals surface area contributed by atoms with Gasteiger partial charge in [-0.15, -0.1) is 0 Å². The van der Waals surface area contributed by atoms with Crippen molar-refractivity contribution in [2.45, 2.75) is 45.2 Å². The first-order valence-corrected chi connectivity index (χ1v) is 8.08. The number of likely N-dealkylation sites (N-methyl/N-ethyl adjacent to an activating group) is 1. The number of nitrogens with one attached hydrogen (secondary N) is 2. The van der Waals surface area contributed by atoms with E-state index in [0.29, 0.717) is 12.5 Å². The second-order valence-electron chi connectivity index (χ2n) is 6.62. The number of aryl methyl sites for hydroxylation is 1. The van der Waals surface area contributed by atoms with E-state index < -0.39 is 5.54 Å². The first-order valence-electron chi connectivity index (χ1n) is 8.08. The lowest BCUT2D eigenvalue weighted by atomic mass is 9.98. The van der Waals surface area contributed by atoms with Gasteiger partial charge in [0.2, 0.25) is 0 Å². The molecule has 1 aromatic rings. The van der Waals surface area contributed by atoms with E-state index in [4.69, 9.17) is 0 Å². The third-order valence-electron chi connectivity index (χ3n) is 4.42. The van der Waals surface area contributed by atoms with E-state index in [2.05, 4.69) is 42.6 Å². The van der Waals surface area contributed by atoms with Gasteiger partial charge in [-0.2, -0.15) is 5.26 Å². The van der Waals surface area contributed by atoms with Crippen LogP contribution in [0.1, 0.15) is 37.8 Å². The highest BCUT2D eigenvalue weighted by Gasteiger charge is 2.43. The van der Waals surface area contributed by atoms with Crippen LogP contribution in [0.2, 0.25) is 0 Å². The van der Waals surface area contributed by atoms with Crippen LogP contribution in [0.15, 0.2) is 24.3 Å². The van der Waals surface area contributed by atoms with Crippen molar-refractivity contribution in [3.05, 3.63) is 35.4 Å². The number of nitriles is 1. The van der Waals surface area contributed by atoms with Crippen molar-refractivity contribution in [1.82, 2.24) is 5.32 Å². The van der Waals surface area contributed by atoms with Crippen LogP contribution < -0.4 is 10.2 Å². The molecule has 1 unspecified atom stereocenters. The van der Waals surface area contributed by atoms with E-state index in [0.717, 1.165) is 30.7 Å². The van der Waals surface area contributed by atoms with Crippen molar-refractivity contribution >= 4 is 5.91 Å². The maximum atomic E-state index is 12.2. The van der Waals surface area contributed by atoms with Crippen molar-refractivity contribution < 1.29 is 9.69 Å². The molecule has 0 spiro atoms. The molecule has 0 aliphatic heterocycles. The lowest BCUT2D eigenvalue weighted by molar-refractivity contribution is -0.885. The summed E-state index contributed by atoms with van der Waals surface area (Å²) in [6, 6.07) is 10.8. The largest absolute Gasteiger partial charge is 0.333 e. The van der Waals surface area contributed by atoms with Crippen LogP contribution in [-0.4, -0.2) is 25.0 Å². The van der Waals surface area contributed by atoms with E-state index >= 15 is 0 Å². The standard InChI is InChI=1S/C18H25N3O/c1-4-14-5-7-15(8-6-14)11-21(3)12-17(22)20-18(2,13-19)16-9-10-16/h5-8,16H,4,9-12H2,1-3H3,(H,20,22)/p+1/t18-/m1/s1. The molecule has 0 aromatic heterocycles. The van der Waals surface area contributed by atoms with Crippen molar-refractivity contribution in [3.63, 3.8) is 0 Å². The summed E-state index contributed by atoms with van der Waals surface area (Å²) in [7, 11) is 2.01. The summed E-state index contributed by atoms with van der Waals surface area (Å²) in [4.78, 5) is 13.3. The summed E-state index contributed by atoms with van der Waals surface area (Å²) in [6.07, 6.45) is 3.12. The molecule has 22 heavy (non-hydrogen) atoms. The molecule has 0 bridgehead atoms. The maximum absolute atomic E-state index is 12.2. The molecule has 118 valence electrons. The Kier molecular flexibility index (Phi) is 5.20. The van der Waals surface area contributed by atoms with Crippen LogP contribution in [0, 0.1) is 17.2 Å². The molecule has 2 atom stereocenters. The van der Waals surface area contributed by atoms with Crippen LogP contribution in [0.3, 0.4) is 0 Å². The van der Waals surface area contributed by atoms with Gasteiger partial charge in [-0.25, -0.2) is 0 Å². The minimum Gasteiger partial charge on any atom is -0.333 e. The summed E-state index contributed by atoms with van der Waals surface area (Å²) in [5, 5.41) is 12.2. The quantitative estimate of drug-likeness (QED) is 0.791. The van der Waals surface area contributed by atoms with Gasteiger partial charge in [-0.3, -0.25) is 4.79 Å². The fourth-order valence-corrected chi connectivity index (χ4v) is 2.79. The number of hydrogen-bond acceptors (Lipinski definition) is 2. The Bertz CT molecular complexity index is 557. The van der Waals surface area contributed by atoms with E-state index in [1.54, 1.807) is 0 Å². The van der Waals surface area contributed by atoms with Gasteiger partial charge in [0.25, 0.3) is 5.91 Å².